The highest BCUT2D eigenvalue weighted by atomic mass is 16.5. The van der Waals surface area contributed by atoms with Crippen molar-refractivity contribution >= 4 is 47.4 Å². The number of nitrogens with one attached hydrogen (secondary N) is 4. The highest BCUT2D eigenvalue weighted by Gasteiger charge is 2.64. The first-order chi connectivity index (χ1) is 65.2. The summed E-state index contributed by atoms with van der Waals surface area (Å²) in [6.07, 6.45) is 28.0. The number of carboxylic acids is 2. The van der Waals surface area contributed by atoms with Crippen LogP contribution in [0.2, 0.25) is 0 Å². The van der Waals surface area contributed by atoms with Gasteiger partial charge < -0.3 is 70.9 Å². The summed E-state index contributed by atoms with van der Waals surface area (Å²) in [6.45, 7) is 20.2. The summed E-state index contributed by atoms with van der Waals surface area (Å²) >= 11 is 0. The van der Waals surface area contributed by atoms with Gasteiger partial charge in [0.25, 0.3) is 23.6 Å². The number of primary amides is 2. The molecule has 0 radical (unpaired) electrons. The third-order valence-corrected chi connectivity index (χ3v) is 30.2. The number of carboxylic acid groups (broad SMARTS) is 2. The number of carbonyl (C=O) groups excluding carboxylic acids is 6. The summed E-state index contributed by atoms with van der Waals surface area (Å²) in [4.78, 5) is 120. The summed E-state index contributed by atoms with van der Waals surface area (Å²) in [5.41, 5.74) is 15.2. The number of ether oxygens (including phenoxy) is 4. The summed E-state index contributed by atoms with van der Waals surface area (Å²) in [5.74, 6) is -0.220. The predicted octanol–water partition coefficient (Wildman–Crippen LogP) is 15.1. The SMILES string of the molecule is CCCCCCCCC(NCN(C)CCCN(C)CCCN(C)C(=O)c1ccc(-n2nc(C(=O)NC3(C(=O)O)C4CC5CC(C4)CC3C5)cc2-c2c(OC)cccc2OC)c(C(C)C)c1)C(N)=O.CCCCCCCCC(NCN(C)CCCN(C)CCCN(C)C(=O)c1ccc(-n2nc(C(=O)NC3(C(=O)O)C4CC5CC(C4)CC3C5)cc2-c2c(OC)cccc2OC)c(C(C)C)c1)C(N)=O. The van der Waals surface area contributed by atoms with E-state index in [-0.39, 0.29) is 82.6 Å². The van der Waals surface area contributed by atoms with Crippen LogP contribution in [0.4, 0.5) is 0 Å². The lowest BCUT2D eigenvalue weighted by Gasteiger charge is -2.59. The molecular weight excluding hydrogens is 1720 g/mol. The van der Waals surface area contributed by atoms with E-state index in [0.717, 1.165) is 179 Å². The van der Waals surface area contributed by atoms with Gasteiger partial charge in [-0.2, -0.15) is 10.2 Å². The van der Waals surface area contributed by atoms with Crippen molar-refractivity contribution in [3.05, 3.63) is 119 Å². The van der Waals surface area contributed by atoms with Crippen LogP contribution in [0.5, 0.6) is 23.0 Å². The number of benzene rings is 4. The Bertz CT molecular complexity index is 4580. The zero-order chi connectivity index (χ0) is 98.2. The number of hydrogen-bond donors (Lipinski definition) is 8. The van der Waals surface area contributed by atoms with Crippen LogP contribution in [0.3, 0.4) is 0 Å². The van der Waals surface area contributed by atoms with Crippen LogP contribution in [-0.4, -0.2) is 266 Å². The molecule has 8 aliphatic rings. The second kappa shape index (κ2) is 50.0. The van der Waals surface area contributed by atoms with Crippen molar-refractivity contribution in [2.75, 3.05) is 136 Å². The molecular formula is C106H160N16O14. The minimum atomic E-state index is -1.34. The van der Waals surface area contributed by atoms with E-state index in [2.05, 4.69) is 111 Å². The van der Waals surface area contributed by atoms with Crippen LogP contribution in [0.15, 0.2) is 84.9 Å². The quantitative estimate of drug-likeness (QED) is 0.0130. The van der Waals surface area contributed by atoms with Gasteiger partial charge in [0.05, 0.1) is 74.4 Å². The molecule has 14 rings (SSSR count). The smallest absolute Gasteiger partial charge is 0.330 e. The van der Waals surface area contributed by atoms with E-state index in [1.54, 1.807) is 71.9 Å². The third kappa shape index (κ3) is 26.1. The first-order valence-electron chi connectivity index (χ1n) is 50.6. The molecule has 2 atom stereocenters. The van der Waals surface area contributed by atoms with Gasteiger partial charge >= 0.3 is 11.9 Å². The normalized spacial score (nSPS) is 21.1. The number of aliphatic carboxylic acids is 2. The summed E-state index contributed by atoms with van der Waals surface area (Å²) < 4.78 is 26.8. The second-order valence-corrected chi connectivity index (χ2v) is 40.8. The van der Waals surface area contributed by atoms with Crippen molar-refractivity contribution in [2.45, 2.75) is 256 Å². The lowest BCUT2D eigenvalue weighted by molar-refractivity contribution is -0.164. The monoisotopic (exact) mass is 1880 g/mol. The standard InChI is InChI=1S/2C53H80N8O7/c2*1-9-10-11-12-13-14-18-42(49(54)62)55-34-59(5)25-16-23-58(4)24-17-26-60(6)51(64)38-21-22-44(41(32-38)35(2)3)61-45(48-46(67-7)19-15-20-47(48)68-8)33-43(57-61)50(63)56-53(52(65)66)39-28-36-27-37(30-39)31-40(53)29-36/h2*15,19-22,32-33,35-37,39-40,42,55H,9-14,16-18,23-31,34H2,1-8H3,(H2,54,62)(H,56,63)(H,65,66). The fraction of sp³-hybridized carbons (Fsp3) is 0.642. The molecule has 136 heavy (non-hydrogen) atoms. The molecule has 4 aromatic carbocycles. The number of unbranched alkanes of at least 4 members (excludes halogenated alkanes) is 10. The van der Waals surface area contributed by atoms with E-state index < -0.39 is 34.8 Å². The highest BCUT2D eigenvalue weighted by molar-refractivity contribution is 6.00. The fourth-order valence-corrected chi connectivity index (χ4v) is 23.1. The number of nitrogens with two attached hydrogens (primary N) is 2. The van der Waals surface area contributed by atoms with E-state index >= 15 is 0 Å². The lowest BCUT2D eigenvalue weighted by Crippen LogP contribution is -2.70. The molecule has 8 fully saturated rings. The van der Waals surface area contributed by atoms with Gasteiger partial charge in [-0.05, 0) is 300 Å². The van der Waals surface area contributed by atoms with Crippen molar-refractivity contribution < 1.29 is 67.5 Å². The van der Waals surface area contributed by atoms with Gasteiger partial charge in [-0.15, -0.1) is 0 Å². The molecule has 748 valence electrons. The number of methoxy groups -OCH3 is 4. The summed E-state index contributed by atoms with van der Waals surface area (Å²) in [5, 5.41) is 44.4. The number of rotatable bonds is 56. The van der Waals surface area contributed by atoms with Crippen molar-refractivity contribution in [1.82, 2.24) is 70.2 Å². The van der Waals surface area contributed by atoms with Crippen molar-refractivity contribution in [3.8, 4) is 56.9 Å². The van der Waals surface area contributed by atoms with Gasteiger partial charge in [0, 0.05) is 64.7 Å². The zero-order valence-corrected chi connectivity index (χ0v) is 84.3. The maximum atomic E-state index is 14.5. The largest absolute Gasteiger partial charge is 0.496 e. The molecule has 2 aromatic heterocycles. The number of aromatic nitrogens is 4. The molecule has 10 N–H and O–H groups in total. The Morgan fingerprint density at radius 3 is 1.01 bits per heavy atom. The topological polar surface area (TPSA) is 369 Å². The van der Waals surface area contributed by atoms with Crippen LogP contribution in [0.1, 0.15) is 286 Å². The van der Waals surface area contributed by atoms with Crippen LogP contribution in [0, 0.1) is 47.3 Å². The van der Waals surface area contributed by atoms with Crippen molar-refractivity contribution in [3.63, 3.8) is 0 Å². The van der Waals surface area contributed by atoms with E-state index in [1.165, 1.54) is 51.4 Å². The molecule has 0 aliphatic heterocycles. The van der Waals surface area contributed by atoms with Gasteiger partial charge in [0.15, 0.2) is 11.4 Å². The average molecular weight is 1880 g/mol. The van der Waals surface area contributed by atoms with Gasteiger partial charge in [-0.1, -0.05) is 131 Å². The molecule has 0 saturated heterocycles. The number of carbonyl (C=O) groups is 8. The van der Waals surface area contributed by atoms with E-state index in [9.17, 15) is 48.6 Å². The van der Waals surface area contributed by atoms with Gasteiger partial charge in [0.2, 0.25) is 11.8 Å². The van der Waals surface area contributed by atoms with E-state index in [1.807, 2.05) is 74.8 Å². The maximum absolute atomic E-state index is 14.5. The molecule has 6 aromatic rings. The van der Waals surface area contributed by atoms with E-state index in [4.69, 9.17) is 40.6 Å². The molecule has 8 saturated carbocycles. The second-order valence-electron chi connectivity index (χ2n) is 40.8. The Morgan fingerprint density at radius 2 is 0.713 bits per heavy atom. The maximum Gasteiger partial charge on any atom is 0.330 e. The Labute approximate surface area is 807 Å². The van der Waals surface area contributed by atoms with Crippen molar-refractivity contribution in [2.24, 2.45) is 58.8 Å². The van der Waals surface area contributed by atoms with Crippen LogP contribution in [0.25, 0.3) is 33.9 Å². The van der Waals surface area contributed by atoms with Gasteiger partial charge in [-0.3, -0.25) is 49.2 Å². The van der Waals surface area contributed by atoms with Crippen molar-refractivity contribution in [1.29, 1.82) is 0 Å². The number of amides is 6. The minimum Gasteiger partial charge on any atom is -0.496 e. The Morgan fingerprint density at radius 1 is 0.412 bits per heavy atom. The number of hydrogen-bond acceptors (Lipinski definition) is 20. The predicted molar refractivity (Wildman–Crippen MR) is 533 cm³/mol. The third-order valence-electron chi connectivity index (χ3n) is 30.2. The molecule has 2 unspecified atom stereocenters. The molecule has 30 nitrogen and oxygen atoms in total. The molecule has 30 heteroatoms. The molecule has 2 heterocycles. The number of nitrogens with zero attached hydrogens (tertiary/aromatic N) is 10. The molecule has 8 aliphatic carbocycles. The van der Waals surface area contributed by atoms with Crippen LogP contribution >= 0.6 is 0 Å². The van der Waals surface area contributed by atoms with Crippen LogP contribution in [-0.2, 0) is 19.2 Å². The summed E-state index contributed by atoms with van der Waals surface area (Å²) in [6, 6.07) is 24.9. The fourth-order valence-electron chi connectivity index (χ4n) is 23.1. The summed E-state index contributed by atoms with van der Waals surface area (Å²) in [7, 11) is 18.3. The lowest BCUT2D eigenvalue weighted by atomic mass is 9.48. The molecule has 8 bridgehead atoms. The minimum absolute atomic E-state index is 0.0431. The first-order valence-corrected chi connectivity index (χ1v) is 50.6. The zero-order valence-electron chi connectivity index (χ0n) is 84.3. The Kier molecular flexibility index (Phi) is 39.2. The van der Waals surface area contributed by atoms with Gasteiger partial charge in [0.1, 0.15) is 34.1 Å². The van der Waals surface area contributed by atoms with Crippen LogP contribution < -0.4 is 51.7 Å². The molecule has 0 spiro atoms. The molecule has 6 amide bonds. The Hall–Kier alpha value is -9.98. The average Bonchev–Trinajstić information content (AvgIpc) is 0.821. The highest BCUT2D eigenvalue weighted by Crippen LogP contribution is 2.60. The Balaban J connectivity index is 0.000000261. The van der Waals surface area contributed by atoms with Gasteiger partial charge in [-0.25, -0.2) is 19.0 Å². The first kappa shape index (κ1) is 106. The van der Waals surface area contributed by atoms with E-state index in [0.29, 0.717) is 118 Å².